The minimum atomic E-state index is -2.15. The van der Waals surface area contributed by atoms with Crippen LogP contribution in [0.4, 0.5) is 5.82 Å². The molecule has 1 aliphatic heterocycles. The van der Waals surface area contributed by atoms with Crippen LogP contribution in [0.15, 0.2) is 10.9 Å². The summed E-state index contributed by atoms with van der Waals surface area (Å²) in [5.74, 6) is 2.04. The third-order valence-electron chi connectivity index (χ3n) is 3.30. The molecular formula is C12H15N3O5. The number of ether oxygens (including phenoxy) is 1. The van der Waals surface area contributed by atoms with Gasteiger partial charge in [-0.15, -0.1) is 6.42 Å². The van der Waals surface area contributed by atoms with E-state index in [9.17, 15) is 15.0 Å². The maximum absolute atomic E-state index is 11.9. The van der Waals surface area contributed by atoms with Crippen LogP contribution in [0, 0.1) is 19.3 Å². The van der Waals surface area contributed by atoms with E-state index >= 15 is 0 Å². The molecule has 0 saturated carbocycles. The summed E-state index contributed by atoms with van der Waals surface area (Å²) in [6.45, 7) is 0.996. The van der Waals surface area contributed by atoms with Crippen molar-refractivity contribution in [3.05, 3.63) is 22.2 Å². The molecule has 0 spiro atoms. The second-order valence-corrected chi connectivity index (χ2v) is 4.60. The molecule has 5 N–H and O–H groups in total. The summed E-state index contributed by atoms with van der Waals surface area (Å²) < 4.78 is 6.30. The molecule has 20 heavy (non-hydrogen) atoms. The van der Waals surface area contributed by atoms with Crippen LogP contribution in [0.2, 0.25) is 0 Å². The molecule has 1 saturated heterocycles. The standard InChI is InChI=1S/C12H15N3O5/c1-3-12(19)9(17)7(5-16)20-10(12)15-6(2)4-8(13)14-11(15)18/h1,4,7,9-10,16-17,19H,5H2,2H3,(H2,13,14,18)/t7-,9+,10-,12?/m1/s1. The van der Waals surface area contributed by atoms with Gasteiger partial charge >= 0.3 is 5.69 Å². The molecule has 2 rings (SSSR count). The van der Waals surface area contributed by atoms with Gasteiger partial charge in [0.1, 0.15) is 18.0 Å². The fourth-order valence-electron chi connectivity index (χ4n) is 2.25. The number of aromatic nitrogens is 2. The highest BCUT2D eigenvalue weighted by molar-refractivity contribution is 5.29. The lowest BCUT2D eigenvalue weighted by atomic mass is 9.95. The Morgan fingerprint density at radius 1 is 1.70 bits per heavy atom. The Morgan fingerprint density at radius 2 is 2.35 bits per heavy atom. The normalized spacial score (nSPS) is 33.0. The molecule has 8 heteroatoms. The molecule has 0 bridgehead atoms. The molecule has 8 nitrogen and oxygen atoms in total. The van der Waals surface area contributed by atoms with E-state index in [0.717, 1.165) is 4.57 Å². The van der Waals surface area contributed by atoms with Gasteiger partial charge in [-0.1, -0.05) is 5.92 Å². The second-order valence-electron chi connectivity index (χ2n) is 4.60. The van der Waals surface area contributed by atoms with Crippen LogP contribution in [0.5, 0.6) is 0 Å². The van der Waals surface area contributed by atoms with Gasteiger partial charge in [0, 0.05) is 5.69 Å². The Hall–Kier alpha value is -1.92. The zero-order chi connectivity index (χ0) is 15.1. The fourth-order valence-corrected chi connectivity index (χ4v) is 2.25. The number of hydrogen-bond donors (Lipinski definition) is 4. The van der Waals surface area contributed by atoms with Gasteiger partial charge in [0.05, 0.1) is 6.61 Å². The van der Waals surface area contributed by atoms with E-state index in [-0.39, 0.29) is 5.82 Å². The van der Waals surface area contributed by atoms with Gasteiger partial charge in [-0.05, 0) is 13.0 Å². The van der Waals surface area contributed by atoms with E-state index in [0.29, 0.717) is 5.69 Å². The van der Waals surface area contributed by atoms with E-state index in [1.807, 2.05) is 5.92 Å². The number of rotatable bonds is 2. The summed E-state index contributed by atoms with van der Waals surface area (Å²) in [5, 5.41) is 29.4. The molecule has 2 heterocycles. The van der Waals surface area contributed by atoms with Crippen molar-refractivity contribution in [3.63, 3.8) is 0 Å². The summed E-state index contributed by atoms with van der Waals surface area (Å²) in [5.41, 5.74) is 2.88. The SMILES string of the molecule is C#CC1(O)[C@@H](O)[C@@H](CO)O[C@H]1n1c(C)cc(N)nc1=O. The highest BCUT2D eigenvalue weighted by Gasteiger charge is 2.56. The molecule has 1 aromatic heterocycles. The third kappa shape index (κ3) is 1.97. The van der Waals surface area contributed by atoms with Crippen LogP contribution in [0.25, 0.3) is 0 Å². The first-order chi connectivity index (χ1) is 9.35. The number of hydrogen-bond acceptors (Lipinski definition) is 7. The van der Waals surface area contributed by atoms with Gasteiger partial charge in [0.2, 0.25) is 0 Å². The average molecular weight is 281 g/mol. The summed E-state index contributed by atoms with van der Waals surface area (Å²) in [7, 11) is 0. The van der Waals surface area contributed by atoms with Crippen LogP contribution in [-0.2, 0) is 4.74 Å². The van der Waals surface area contributed by atoms with Gasteiger partial charge in [-0.25, -0.2) is 4.79 Å². The van der Waals surface area contributed by atoms with Crippen molar-refractivity contribution in [3.8, 4) is 12.3 Å². The Labute approximate surface area is 114 Å². The maximum Gasteiger partial charge on any atom is 0.351 e. The van der Waals surface area contributed by atoms with E-state index in [1.165, 1.54) is 6.07 Å². The Bertz CT molecular complexity index is 622. The van der Waals surface area contributed by atoms with Gasteiger partial charge in [0.15, 0.2) is 11.8 Å². The summed E-state index contributed by atoms with van der Waals surface area (Å²) in [4.78, 5) is 15.5. The molecule has 1 aromatic rings. The van der Waals surface area contributed by atoms with Gasteiger partial charge < -0.3 is 25.8 Å². The van der Waals surface area contributed by atoms with Crippen molar-refractivity contribution in [1.29, 1.82) is 0 Å². The van der Waals surface area contributed by atoms with Gasteiger partial charge in [-0.2, -0.15) is 4.98 Å². The third-order valence-corrected chi connectivity index (χ3v) is 3.30. The minimum absolute atomic E-state index is 0.0188. The van der Waals surface area contributed by atoms with Crippen molar-refractivity contribution >= 4 is 5.82 Å². The molecule has 0 amide bonds. The smallest absolute Gasteiger partial charge is 0.351 e. The molecule has 0 aliphatic carbocycles. The van der Waals surface area contributed by atoms with Crippen molar-refractivity contribution < 1.29 is 20.1 Å². The summed E-state index contributed by atoms with van der Waals surface area (Å²) in [6, 6.07) is 1.40. The van der Waals surface area contributed by atoms with E-state index in [4.69, 9.17) is 22.0 Å². The van der Waals surface area contributed by atoms with Gasteiger partial charge in [-0.3, -0.25) is 4.57 Å². The Kier molecular flexibility index (Phi) is 3.54. The molecule has 1 aliphatic rings. The van der Waals surface area contributed by atoms with E-state index in [2.05, 4.69) is 4.98 Å². The highest BCUT2D eigenvalue weighted by atomic mass is 16.6. The average Bonchev–Trinajstić information content (AvgIpc) is 2.63. The van der Waals surface area contributed by atoms with Crippen LogP contribution < -0.4 is 11.4 Å². The van der Waals surface area contributed by atoms with Crippen LogP contribution in [0.1, 0.15) is 11.9 Å². The number of nitrogen functional groups attached to an aromatic ring is 1. The predicted molar refractivity (Wildman–Crippen MR) is 68.4 cm³/mol. The van der Waals surface area contributed by atoms with Crippen molar-refractivity contribution in [1.82, 2.24) is 9.55 Å². The number of aliphatic hydroxyl groups excluding tert-OH is 2. The zero-order valence-corrected chi connectivity index (χ0v) is 10.7. The first kappa shape index (κ1) is 14.5. The van der Waals surface area contributed by atoms with Crippen LogP contribution in [0.3, 0.4) is 0 Å². The fraction of sp³-hybridized carbons (Fsp3) is 0.500. The van der Waals surface area contributed by atoms with Gasteiger partial charge in [0.25, 0.3) is 0 Å². The molecule has 4 atom stereocenters. The lowest BCUT2D eigenvalue weighted by molar-refractivity contribution is -0.0773. The molecule has 0 aromatic carbocycles. The van der Waals surface area contributed by atoms with Crippen molar-refractivity contribution in [2.45, 2.75) is 31.0 Å². The Morgan fingerprint density at radius 3 is 2.85 bits per heavy atom. The monoisotopic (exact) mass is 281 g/mol. The number of anilines is 1. The van der Waals surface area contributed by atoms with Crippen molar-refractivity contribution in [2.75, 3.05) is 12.3 Å². The van der Waals surface area contributed by atoms with E-state index in [1.54, 1.807) is 6.92 Å². The predicted octanol–water partition coefficient (Wildman–Crippen LogP) is -2.25. The van der Waals surface area contributed by atoms with Crippen molar-refractivity contribution in [2.24, 2.45) is 0 Å². The number of aryl methyl sites for hydroxylation is 1. The number of terminal acetylenes is 1. The van der Waals surface area contributed by atoms with E-state index < -0.39 is 36.3 Å². The summed E-state index contributed by atoms with van der Waals surface area (Å²) in [6.07, 6.45) is 1.25. The second kappa shape index (κ2) is 4.88. The lowest BCUT2D eigenvalue weighted by Crippen LogP contribution is -2.48. The quantitative estimate of drug-likeness (QED) is 0.450. The molecule has 1 unspecified atom stereocenters. The first-order valence-electron chi connectivity index (χ1n) is 5.85. The van der Waals surface area contributed by atoms with Crippen LogP contribution >= 0.6 is 0 Å². The zero-order valence-electron chi connectivity index (χ0n) is 10.7. The summed E-state index contributed by atoms with van der Waals surface area (Å²) >= 11 is 0. The molecule has 108 valence electrons. The lowest BCUT2D eigenvalue weighted by Gasteiger charge is -2.27. The highest BCUT2D eigenvalue weighted by Crippen LogP contribution is 2.37. The molecule has 1 fully saturated rings. The largest absolute Gasteiger partial charge is 0.394 e. The first-order valence-corrected chi connectivity index (χ1v) is 5.85. The molecule has 0 radical (unpaired) electrons. The molecular weight excluding hydrogens is 266 g/mol. The minimum Gasteiger partial charge on any atom is -0.394 e. The number of nitrogens with two attached hydrogens (primary N) is 1. The topological polar surface area (TPSA) is 131 Å². The number of nitrogens with zero attached hydrogens (tertiary/aromatic N) is 2. The maximum atomic E-state index is 11.9. The Balaban J connectivity index is 2.58. The van der Waals surface area contributed by atoms with Crippen LogP contribution in [-0.4, -0.2) is 49.3 Å². The number of aliphatic hydroxyl groups is 3.